The van der Waals surface area contributed by atoms with Gasteiger partial charge in [-0.1, -0.05) is 0 Å². The molecule has 1 amide bonds. The maximum atomic E-state index is 12.6. The zero-order valence-corrected chi connectivity index (χ0v) is 14.0. The van der Waals surface area contributed by atoms with Gasteiger partial charge in [0.1, 0.15) is 6.33 Å². The Morgan fingerprint density at radius 1 is 1.16 bits per heavy atom. The average molecular weight is 353 g/mol. The van der Waals surface area contributed by atoms with Crippen LogP contribution in [-0.4, -0.2) is 30.8 Å². The molecule has 0 aromatic carbocycles. The second-order valence-electron chi connectivity index (χ2n) is 5.67. The first kappa shape index (κ1) is 15.6. The van der Waals surface area contributed by atoms with E-state index in [-0.39, 0.29) is 11.6 Å². The number of thiazole rings is 1. The molecule has 126 valence electrons. The van der Waals surface area contributed by atoms with Gasteiger partial charge in [-0.05, 0) is 12.8 Å². The van der Waals surface area contributed by atoms with Crippen LogP contribution in [0.5, 0.6) is 0 Å². The number of anilines is 2. The van der Waals surface area contributed by atoms with Crippen LogP contribution in [0.25, 0.3) is 0 Å². The minimum atomic E-state index is -0.275. The standard InChI is InChI=1S/C16H15N7OS/c24-16(21-6-12-5-19-9-25-12)14-15(22-11-3-17-8-18-4-11)20-7-13(23-14)10-1-2-10/h3-5,7-10H,1-2,6H2,(H,20,22)(H,21,24). The molecule has 0 aliphatic heterocycles. The van der Waals surface area contributed by atoms with E-state index in [9.17, 15) is 4.79 Å². The van der Waals surface area contributed by atoms with Crippen LogP contribution in [0.15, 0.2) is 36.6 Å². The van der Waals surface area contributed by atoms with Gasteiger partial charge in [-0.3, -0.25) is 9.78 Å². The van der Waals surface area contributed by atoms with Crippen molar-refractivity contribution in [1.29, 1.82) is 0 Å². The van der Waals surface area contributed by atoms with E-state index < -0.39 is 0 Å². The summed E-state index contributed by atoms with van der Waals surface area (Å²) < 4.78 is 0. The molecule has 8 nitrogen and oxygen atoms in total. The van der Waals surface area contributed by atoms with Gasteiger partial charge in [-0.25, -0.2) is 19.9 Å². The quantitative estimate of drug-likeness (QED) is 0.700. The molecule has 0 saturated heterocycles. The van der Waals surface area contributed by atoms with Crippen molar-refractivity contribution in [3.8, 4) is 0 Å². The molecule has 0 unspecified atom stereocenters. The predicted molar refractivity (Wildman–Crippen MR) is 92.6 cm³/mol. The van der Waals surface area contributed by atoms with Gasteiger partial charge in [0.25, 0.3) is 5.91 Å². The third-order valence-corrected chi connectivity index (χ3v) is 4.51. The fourth-order valence-corrected chi connectivity index (χ4v) is 2.84. The number of hydrogen-bond acceptors (Lipinski definition) is 8. The molecule has 0 bridgehead atoms. The molecule has 2 N–H and O–H groups in total. The Morgan fingerprint density at radius 3 is 2.72 bits per heavy atom. The van der Waals surface area contributed by atoms with Gasteiger partial charge in [-0.15, -0.1) is 11.3 Å². The van der Waals surface area contributed by atoms with E-state index >= 15 is 0 Å². The summed E-state index contributed by atoms with van der Waals surface area (Å²) in [6, 6.07) is 0. The average Bonchev–Trinajstić information content (AvgIpc) is 3.37. The normalized spacial score (nSPS) is 13.4. The van der Waals surface area contributed by atoms with Crippen LogP contribution in [0.2, 0.25) is 0 Å². The molecule has 3 heterocycles. The lowest BCUT2D eigenvalue weighted by molar-refractivity contribution is 0.0946. The van der Waals surface area contributed by atoms with Crippen molar-refractivity contribution in [2.75, 3.05) is 5.32 Å². The molecular formula is C16H15N7OS. The van der Waals surface area contributed by atoms with Crippen molar-refractivity contribution in [2.45, 2.75) is 25.3 Å². The SMILES string of the molecule is O=C(NCc1cncs1)c1nc(C2CC2)cnc1Nc1cncnc1. The lowest BCUT2D eigenvalue weighted by atomic mass is 10.2. The van der Waals surface area contributed by atoms with Gasteiger partial charge in [0.05, 0.1) is 42.0 Å². The van der Waals surface area contributed by atoms with Gasteiger partial charge in [0.15, 0.2) is 11.5 Å². The summed E-state index contributed by atoms with van der Waals surface area (Å²) in [7, 11) is 0. The highest BCUT2D eigenvalue weighted by Gasteiger charge is 2.27. The van der Waals surface area contributed by atoms with Gasteiger partial charge < -0.3 is 10.6 Å². The van der Waals surface area contributed by atoms with Crippen LogP contribution in [-0.2, 0) is 6.54 Å². The van der Waals surface area contributed by atoms with Gasteiger partial charge in [0.2, 0.25) is 0 Å². The van der Waals surface area contributed by atoms with Crippen LogP contribution in [0.4, 0.5) is 11.5 Å². The van der Waals surface area contributed by atoms with Crippen molar-refractivity contribution in [1.82, 2.24) is 30.2 Å². The fourth-order valence-electron chi connectivity index (χ4n) is 2.31. The number of aromatic nitrogens is 5. The summed E-state index contributed by atoms with van der Waals surface area (Å²) in [5.74, 6) is 0.526. The van der Waals surface area contributed by atoms with Crippen molar-refractivity contribution in [3.05, 3.63) is 52.9 Å². The molecule has 3 aromatic heterocycles. The predicted octanol–water partition coefficient (Wildman–Crippen LogP) is 2.27. The zero-order chi connectivity index (χ0) is 17.1. The van der Waals surface area contributed by atoms with E-state index in [1.54, 1.807) is 30.3 Å². The number of carbonyl (C=O) groups excluding carboxylic acids is 1. The Balaban J connectivity index is 1.58. The van der Waals surface area contributed by atoms with Crippen molar-refractivity contribution in [3.63, 3.8) is 0 Å². The Morgan fingerprint density at radius 2 is 2.00 bits per heavy atom. The molecule has 4 rings (SSSR count). The Labute approximate surface area is 147 Å². The summed E-state index contributed by atoms with van der Waals surface area (Å²) >= 11 is 1.49. The number of amides is 1. The number of hydrogen-bond donors (Lipinski definition) is 2. The van der Waals surface area contributed by atoms with Gasteiger partial charge in [0, 0.05) is 17.0 Å². The lowest BCUT2D eigenvalue weighted by Crippen LogP contribution is -2.25. The monoisotopic (exact) mass is 353 g/mol. The molecule has 1 aliphatic carbocycles. The first-order chi connectivity index (χ1) is 12.3. The minimum absolute atomic E-state index is 0.275. The first-order valence-corrected chi connectivity index (χ1v) is 8.72. The maximum Gasteiger partial charge on any atom is 0.274 e. The van der Waals surface area contributed by atoms with Gasteiger partial charge >= 0.3 is 0 Å². The highest BCUT2D eigenvalue weighted by Crippen LogP contribution is 2.39. The molecular weight excluding hydrogens is 338 g/mol. The molecule has 1 fully saturated rings. The summed E-state index contributed by atoms with van der Waals surface area (Å²) in [6.45, 7) is 0.409. The summed E-state index contributed by atoms with van der Waals surface area (Å²) in [5.41, 5.74) is 3.51. The molecule has 0 atom stereocenters. The molecule has 0 spiro atoms. The maximum absolute atomic E-state index is 12.6. The van der Waals surface area contributed by atoms with E-state index in [0.29, 0.717) is 24.0 Å². The second-order valence-corrected chi connectivity index (χ2v) is 6.64. The number of carbonyl (C=O) groups is 1. The summed E-state index contributed by atoms with van der Waals surface area (Å²) in [6.07, 6.45) is 10.3. The van der Waals surface area contributed by atoms with E-state index in [1.165, 1.54) is 17.7 Å². The Kier molecular flexibility index (Phi) is 4.30. The first-order valence-electron chi connectivity index (χ1n) is 7.84. The smallest absolute Gasteiger partial charge is 0.274 e. The van der Waals surface area contributed by atoms with Crippen LogP contribution >= 0.6 is 11.3 Å². The van der Waals surface area contributed by atoms with Crippen LogP contribution in [0.1, 0.15) is 39.8 Å². The summed E-state index contributed by atoms with van der Waals surface area (Å²) in [5, 5.41) is 5.94. The van der Waals surface area contributed by atoms with E-state index in [0.717, 1.165) is 23.4 Å². The topological polar surface area (TPSA) is 106 Å². The van der Waals surface area contributed by atoms with Gasteiger partial charge in [-0.2, -0.15) is 0 Å². The highest BCUT2D eigenvalue weighted by molar-refractivity contribution is 7.09. The minimum Gasteiger partial charge on any atom is -0.346 e. The molecule has 25 heavy (non-hydrogen) atoms. The van der Waals surface area contributed by atoms with Crippen LogP contribution in [0.3, 0.4) is 0 Å². The summed E-state index contributed by atoms with van der Waals surface area (Å²) in [4.78, 5) is 34.5. The number of nitrogens with zero attached hydrogens (tertiary/aromatic N) is 5. The Hall–Kier alpha value is -2.94. The van der Waals surface area contributed by atoms with E-state index in [2.05, 4.69) is 35.6 Å². The number of rotatable bonds is 6. The van der Waals surface area contributed by atoms with Crippen molar-refractivity contribution >= 4 is 28.7 Å². The third kappa shape index (κ3) is 3.77. The van der Waals surface area contributed by atoms with E-state index in [4.69, 9.17) is 0 Å². The van der Waals surface area contributed by atoms with Crippen LogP contribution < -0.4 is 10.6 Å². The third-order valence-electron chi connectivity index (χ3n) is 3.73. The fraction of sp³-hybridized carbons (Fsp3) is 0.250. The Bertz CT molecular complexity index is 865. The number of nitrogens with one attached hydrogen (secondary N) is 2. The molecule has 3 aromatic rings. The second kappa shape index (κ2) is 6.89. The zero-order valence-electron chi connectivity index (χ0n) is 13.2. The van der Waals surface area contributed by atoms with Crippen LogP contribution in [0, 0.1) is 0 Å². The van der Waals surface area contributed by atoms with Crippen molar-refractivity contribution in [2.24, 2.45) is 0 Å². The largest absolute Gasteiger partial charge is 0.346 e. The van der Waals surface area contributed by atoms with E-state index in [1.807, 2.05) is 0 Å². The highest BCUT2D eigenvalue weighted by atomic mass is 32.1. The van der Waals surface area contributed by atoms with Crippen molar-refractivity contribution < 1.29 is 4.79 Å². The molecule has 1 aliphatic rings. The molecule has 9 heteroatoms. The lowest BCUT2D eigenvalue weighted by Gasteiger charge is -2.11. The molecule has 0 radical (unpaired) electrons. The molecule has 1 saturated carbocycles.